The molecule has 33 heavy (non-hydrogen) atoms. The van der Waals surface area contributed by atoms with Gasteiger partial charge >= 0.3 is 0 Å². The highest BCUT2D eigenvalue weighted by atomic mass is 16.5. The van der Waals surface area contributed by atoms with Crippen LogP contribution in [0.3, 0.4) is 0 Å². The Labute approximate surface area is 196 Å². The number of likely N-dealkylation sites (tertiary alicyclic amines) is 1. The number of rotatable bonds is 6. The van der Waals surface area contributed by atoms with Crippen molar-refractivity contribution in [2.45, 2.75) is 57.8 Å². The van der Waals surface area contributed by atoms with E-state index < -0.39 is 0 Å². The van der Waals surface area contributed by atoms with Gasteiger partial charge < -0.3 is 19.0 Å². The fraction of sp³-hybridized carbons (Fsp3) is 0.481. The summed E-state index contributed by atoms with van der Waals surface area (Å²) >= 11 is 0. The second-order valence-corrected chi connectivity index (χ2v) is 9.48. The van der Waals surface area contributed by atoms with Crippen molar-refractivity contribution in [1.29, 1.82) is 0 Å². The first-order valence-electron chi connectivity index (χ1n) is 12.3. The molecule has 5 rings (SSSR count). The molecule has 2 aliphatic rings. The Morgan fingerprint density at radius 2 is 1.30 bits per heavy atom. The quantitative estimate of drug-likeness (QED) is 0.515. The summed E-state index contributed by atoms with van der Waals surface area (Å²) in [6.07, 6.45) is 5.35. The molecule has 0 radical (unpaired) electrons. The summed E-state index contributed by atoms with van der Waals surface area (Å²) in [6, 6.07) is 19.0. The first kappa shape index (κ1) is 22.1. The van der Waals surface area contributed by atoms with Crippen LogP contribution in [0.15, 0.2) is 59.0 Å². The number of benzene rings is 2. The van der Waals surface area contributed by atoms with Gasteiger partial charge in [0, 0.05) is 49.0 Å². The zero-order chi connectivity index (χ0) is 22.6. The fourth-order valence-electron chi connectivity index (χ4n) is 4.90. The minimum atomic E-state index is 0.394. The number of hydrogen-bond acceptors (Lipinski definition) is 6. The molecule has 0 N–H and O–H groups in total. The normalized spacial score (nSPS) is 18.8. The van der Waals surface area contributed by atoms with Gasteiger partial charge in [0.2, 0.25) is 11.8 Å². The van der Waals surface area contributed by atoms with Gasteiger partial charge in [-0.1, -0.05) is 18.2 Å². The lowest BCUT2D eigenvalue weighted by Gasteiger charge is -2.38. The zero-order valence-electron chi connectivity index (χ0n) is 19.7. The second kappa shape index (κ2) is 10.1. The fourth-order valence-corrected chi connectivity index (χ4v) is 4.90. The van der Waals surface area contributed by atoms with E-state index in [-0.39, 0.29) is 0 Å². The van der Waals surface area contributed by atoms with Crippen LogP contribution >= 0.6 is 0 Å². The molecule has 2 fully saturated rings. The zero-order valence-corrected chi connectivity index (χ0v) is 19.7. The van der Waals surface area contributed by atoms with Crippen molar-refractivity contribution in [3.05, 3.63) is 54.6 Å². The van der Waals surface area contributed by atoms with Crippen LogP contribution in [0.25, 0.3) is 22.9 Å². The summed E-state index contributed by atoms with van der Waals surface area (Å²) in [5, 5.41) is 8.44. The van der Waals surface area contributed by atoms with Crippen LogP contribution in [0.2, 0.25) is 0 Å². The molecule has 0 bridgehead atoms. The average molecular weight is 447 g/mol. The molecular formula is C27H34N4O2. The largest absolute Gasteiger partial charge is 0.416 e. The van der Waals surface area contributed by atoms with E-state index in [1.807, 2.05) is 30.3 Å². The third-order valence-electron chi connectivity index (χ3n) is 6.96. The van der Waals surface area contributed by atoms with E-state index in [0.29, 0.717) is 30.0 Å². The molecule has 6 nitrogen and oxygen atoms in total. The molecule has 2 saturated heterocycles. The van der Waals surface area contributed by atoms with Gasteiger partial charge in [0.25, 0.3) is 0 Å². The summed E-state index contributed by atoms with van der Waals surface area (Å²) < 4.78 is 12.4. The molecule has 0 saturated carbocycles. The lowest BCUT2D eigenvalue weighted by Crippen LogP contribution is -2.43. The monoisotopic (exact) mass is 446 g/mol. The van der Waals surface area contributed by atoms with Gasteiger partial charge in [0.15, 0.2) is 0 Å². The molecule has 0 atom stereocenters. The minimum Gasteiger partial charge on any atom is -0.416 e. The Balaban J connectivity index is 1.13. The first-order chi connectivity index (χ1) is 16.2. The number of nitrogens with zero attached hydrogens (tertiary/aromatic N) is 4. The van der Waals surface area contributed by atoms with Gasteiger partial charge in [-0.25, -0.2) is 0 Å². The number of ether oxygens (including phenoxy) is 1. The molecule has 6 heteroatoms. The van der Waals surface area contributed by atoms with E-state index in [4.69, 9.17) is 9.15 Å². The van der Waals surface area contributed by atoms with Crippen molar-refractivity contribution in [3.63, 3.8) is 0 Å². The van der Waals surface area contributed by atoms with Crippen LogP contribution in [0, 0.1) is 0 Å². The van der Waals surface area contributed by atoms with Crippen LogP contribution in [0.5, 0.6) is 0 Å². The van der Waals surface area contributed by atoms with E-state index in [2.05, 4.69) is 58.1 Å². The molecular weight excluding hydrogens is 412 g/mol. The topological polar surface area (TPSA) is 54.6 Å². The summed E-state index contributed by atoms with van der Waals surface area (Å²) in [6.45, 7) is 8.98. The Morgan fingerprint density at radius 1 is 0.758 bits per heavy atom. The molecule has 2 aromatic carbocycles. The minimum absolute atomic E-state index is 0.394. The van der Waals surface area contributed by atoms with Crippen molar-refractivity contribution in [1.82, 2.24) is 15.1 Å². The average Bonchev–Trinajstić information content (AvgIpc) is 3.36. The Bertz CT molecular complexity index is 1000. The third-order valence-corrected chi connectivity index (χ3v) is 6.96. The third kappa shape index (κ3) is 5.28. The maximum atomic E-state index is 6.48. The molecule has 0 spiro atoms. The molecule has 0 aliphatic carbocycles. The summed E-state index contributed by atoms with van der Waals surface area (Å²) in [5.74, 6) is 1.10. The highest BCUT2D eigenvalue weighted by Crippen LogP contribution is 2.28. The standard InChI is InChI=1S/C27H34N4O2/c1-20(2)30-16-12-24(13-17-30)32-25-14-18-31(19-15-25)23-10-8-22(9-11-23)27-29-28-26(33-27)21-6-4-3-5-7-21/h3-11,20,24-25H,12-19H2,1-2H3. The van der Waals surface area contributed by atoms with Gasteiger partial charge in [-0.3, -0.25) is 0 Å². The van der Waals surface area contributed by atoms with Crippen LogP contribution in [-0.2, 0) is 4.74 Å². The van der Waals surface area contributed by atoms with Crippen molar-refractivity contribution >= 4 is 5.69 Å². The van der Waals surface area contributed by atoms with Crippen LogP contribution in [0.1, 0.15) is 39.5 Å². The summed E-state index contributed by atoms with van der Waals surface area (Å²) in [7, 11) is 0. The highest BCUT2D eigenvalue weighted by Gasteiger charge is 2.26. The molecule has 3 heterocycles. The van der Waals surface area contributed by atoms with E-state index >= 15 is 0 Å². The Kier molecular flexibility index (Phi) is 6.74. The smallest absolute Gasteiger partial charge is 0.248 e. The van der Waals surface area contributed by atoms with Crippen molar-refractivity contribution in [3.8, 4) is 22.9 Å². The Morgan fingerprint density at radius 3 is 1.88 bits per heavy atom. The van der Waals surface area contributed by atoms with E-state index in [0.717, 1.165) is 37.1 Å². The van der Waals surface area contributed by atoms with E-state index in [1.165, 1.54) is 31.6 Å². The number of piperidine rings is 2. The van der Waals surface area contributed by atoms with Crippen molar-refractivity contribution in [2.75, 3.05) is 31.1 Å². The predicted molar refractivity (Wildman–Crippen MR) is 131 cm³/mol. The second-order valence-electron chi connectivity index (χ2n) is 9.48. The van der Waals surface area contributed by atoms with Gasteiger partial charge in [-0.05, 0) is 75.9 Å². The van der Waals surface area contributed by atoms with Gasteiger partial charge in [-0.15, -0.1) is 10.2 Å². The van der Waals surface area contributed by atoms with Gasteiger partial charge in [0.1, 0.15) is 0 Å². The van der Waals surface area contributed by atoms with Crippen molar-refractivity contribution in [2.24, 2.45) is 0 Å². The highest BCUT2D eigenvalue weighted by molar-refractivity contribution is 5.61. The van der Waals surface area contributed by atoms with Gasteiger partial charge in [0.05, 0.1) is 12.2 Å². The molecule has 174 valence electrons. The lowest BCUT2D eigenvalue weighted by molar-refractivity contribution is -0.0540. The van der Waals surface area contributed by atoms with Crippen LogP contribution in [-0.4, -0.2) is 59.5 Å². The number of hydrogen-bond donors (Lipinski definition) is 0. The van der Waals surface area contributed by atoms with E-state index in [9.17, 15) is 0 Å². The summed E-state index contributed by atoms with van der Waals surface area (Å²) in [4.78, 5) is 5.01. The Hall–Kier alpha value is -2.70. The lowest BCUT2D eigenvalue weighted by atomic mass is 10.0. The van der Waals surface area contributed by atoms with Crippen LogP contribution in [0.4, 0.5) is 5.69 Å². The number of anilines is 1. The van der Waals surface area contributed by atoms with Crippen LogP contribution < -0.4 is 4.90 Å². The van der Waals surface area contributed by atoms with Gasteiger partial charge in [-0.2, -0.15) is 0 Å². The molecule has 0 unspecified atom stereocenters. The molecule has 1 aromatic heterocycles. The maximum Gasteiger partial charge on any atom is 0.248 e. The first-order valence-corrected chi connectivity index (χ1v) is 12.3. The summed E-state index contributed by atoms with van der Waals surface area (Å²) in [5.41, 5.74) is 3.12. The maximum absolute atomic E-state index is 6.48. The predicted octanol–water partition coefficient (Wildman–Crippen LogP) is 5.26. The molecule has 0 amide bonds. The van der Waals surface area contributed by atoms with Crippen molar-refractivity contribution < 1.29 is 9.15 Å². The molecule has 2 aliphatic heterocycles. The molecule has 3 aromatic rings. The SMILES string of the molecule is CC(C)N1CCC(OC2CCN(c3ccc(-c4nnc(-c5ccccc5)o4)cc3)CC2)CC1. The number of aromatic nitrogens is 2. The van der Waals surface area contributed by atoms with E-state index in [1.54, 1.807) is 0 Å².